The summed E-state index contributed by atoms with van der Waals surface area (Å²) in [6.07, 6.45) is 2.56. The molecule has 264 valence electrons. The third-order valence-corrected chi connectivity index (χ3v) is 14.7. The number of rotatable bonds is 5. The third kappa shape index (κ3) is 4.73. The van der Waals surface area contributed by atoms with E-state index in [-0.39, 0.29) is 36.4 Å². The Labute approximate surface area is 320 Å². The van der Waals surface area contributed by atoms with Crippen LogP contribution in [0.4, 0.5) is 5.82 Å². The zero-order chi connectivity index (χ0) is 36.4. The number of phenols is 1. The quantitative estimate of drug-likeness (QED) is 0.141. The van der Waals surface area contributed by atoms with E-state index in [4.69, 9.17) is 16.7 Å². The number of aryl methyl sites for hydroxylation is 2. The minimum atomic E-state index is -1.30. The van der Waals surface area contributed by atoms with Crippen LogP contribution >= 0.6 is 50.2 Å². The molecule has 0 spiro atoms. The van der Waals surface area contributed by atoms with E-state index in [0.29, 0.717) is 33.0 Å². The van der Waals surface area contributed by atoms with E-state index in [2.05, 4.69) is 15.9 Å². The van der Waals surface area contributed by atoms with E-state index < -0.39 is 40.9 Å². The summed E-state index contributed by atoms with van der Waals surface area (Å²) in [7, 11) is 1.72. The molecule has 3 aromatic heterocycles. The number of carbonyl (C=O) groups is 4. The molecule has 2 aliphatic heterocycles. The Balaban J connectivity index is 1.15. The summed E-state index contributed by atoms with van der Waals surface area (Å²) in [5, 5.41) is 19.8. The van der Waals surface area contributed by atoms with Gasteiger partial charge < -0.3 is 5.11 Å². The van der Waals surface area contributed by atoms with Crippen LogP contribution in [0.1, 0.15) is 41.7 Å². The lowest BCUT2D eigenvalue weighted by Crippen LogP contribution is -2.49. The van der Waals surface area contributed by atoms with Gasteiger partial charge in [0.05, 0.1) is 34.6 Å². The van der Waals surface area contributed by atoms with Crippen LogP contribution in [0, 0.1) is 36.0 Å². The largest absolute Gasteiger partial charge is 0.508 e. The highest BCUT2D eigenvalue weighted by Gasteiger charge is 2.68. The minimum Gasteiger partial charge on any atom is -0.508 e. The van der Waals surface area contributed by atoms with Crippen molar-refractivity contribution in [3.8, 4) is 16.3 Å². The Hall–Kier alpha value is -4.10. The Morgan fingerprint density at radius 3 is 2.62 bits per heavy atom. The second-order valence-corrected chi connectivity index (χ2v) is 17.9. The monoisotopic (exact) mass is 814 g/mol. The summed E-state index contributed by atoms with van der Waals surface area (Å²) < 4.78 is 3.32. The van der Waals surface area contributed by atoms with Gasteiger partial charge >= 0.3 is 0 Å². The summed E-state index contributed by atoms with van der Waals surface area (Å²) in [6.45, 7) is 4.03. The summed E-state index contributed by atoms with van der Waals surface area (Å²) in [6, 6.07) is 16.4. The molecule has 1 saturated carbocycles. The van der Waals surface area contributed by atoms with Crippen LogP contribution in [-0.4, -0.2) is 43.4 Å². The van der Waals surface area contributed by atoms with E-state index in [1.807, 2.05) is 55.6 Å². The number of hydrogen-bond donors (Lipinski definition) is 1. The number of phenolic OH excluding ortho intramolecular Hbond substituents is 1. The van der Waals surface area contributed by atoms with Crippen molar-refractivity contribution in [1.82, 2.24) is 14.7 Å². The van der Waals surface area contributed by atoms with Gasteiger partial charge in [0.15, 0.2) is 0 Å². The summed E-state index contributed by atoms with van der Waals surface area (Å²) in [5.41, 5.74) is 1.65. The first-order chi connectivity index (χ1) is 24.9. The lowest BCUT2D eigenvalue weighted by molar-refractivity contribution is -0.141. The number of amides is 4. The number of imide groups is 2. The van der Waals surface area contributed by atoms with Crippen LogP contribution in [-0.2, 0) is 32.8 Å². The molecule has 52 heavy (non-hydrogen) atoms. The van der Waals surface area contributed by atoms with Crippen molar-refractivity contribution in [3.05, 3.63) is 97.1 Å². The first kappa shape index (κ1) is 33.7. The van der Waals surface area contributed by atoms with Crippen molar-refractivity contribution in [2.45, 2.75) is 39.2 Å². The number of aromatic nitrogens is 2. The van der Waals surface area contributed by atoms with Crippen molar-refractivity contribution >= 4 is 89.7 Å². The lowest BCUT2D eigenvalue weighted by atomic mass is 9.51. The number of nitrogens with zero attached hydrogens (tertiary/aromatic N) is 4. The van der Waals surface area contributed by atoms with Crippen molar-refractivity contribution in [2.75, 3.05) is 4.90 Å². The predicted molar refractivity (Wildman–Crippen MR) is 204 cm³/mol. The highest BCUT2D eigenvalue weighted by molar-refractivity contribution is 9.10. The number of aromatic hydroxyl groups is 1. The smallest absolute Gasteiger partial charge is 0.242 e. The molecule has 5 heterocycles. The van der Waals surface area contributed by atoms with E-state index in [9.17, 15) is 19.5 Å². The fraction of sp³-hybridized carbons (Fsp3) is 0.308. The standard InChI is InChI=1S/C39H32BrClN4O5S2/c1-18-24-14-20(41)7-11-30(24)52-34(18)28-16-31(43(3)42-28)45-36(48)27-15-25-22(33(39(27,2)38(45)50)26-13-19(40)6-10-29(26)46)8-9-23-32(25)37(49)44(35(23)47)17-21-5-4-12-51-21/h4-8,10-14,16,23,25,27,32-33,46H,9,15,17H2,1-3H3/t23-,25+,27-,32-,33+,39+/m0/s1. The Kier molecular flexibility index (Phi) is 7.75. The molecule has 1 N–H and O–H groups in total. The number of hydrogen-bond acceptors (Lipinski definition) is 8. The Bertz CT molecular complexity index is 2420. The van der Waals surface area contributed by atoms with Crippen LogP contribution in [0.3, 0.4) is 0 Å². The number of likely N-dealkylation sites (tertiary alicyclic amines) is 1. The van der Waals surface area contributed by atoms with Crippen molar-refractivity contribution in [3.63, 3.8) is 0 Å². The van der Waals surface area contributed by atoms with Gasteiger partial charge in [-0.15, -0.1) is 22.7 Å². The van der Waals surface area contributed by atoms with E-state index in [1.54, 1.807) is 47.3 Å². The van der Waals surface area contributed by atoms with Crippen molar-refractivity contribution in [1.29, 1.82) is 0 Å². The Morgan fingerprint density at radius 2 is 1.85 bits per heavy atom. The zero-order valence-electron chi connectivity index (χ0n) is 28.3. The molecule has 6 atom stereocenters. The first-order valence-electron chi connectivity index (χ1n) is 17.1. The van der Waals surface area contributed by atoms with Gasteiger partial charge in [0.2, 0.25) is 23.6 Å². The molecule has 9 rings (SSSR count). The first-order valence-corrected chi connectivity index (χ1v) is 19.9. The summed E-state index contributed by atoms with van der Waals surface area (Å²) >= 11 is 12.9. The minimum absolute atomic E-state index is 0.00754. The number of anilines is 1. The Morgan fingerprint density at radius 1 is 1.04 bits per heavy atom. The maximum Gasteiger partial charge on any atom is 0.242 e. The molecule has 0 unspecified atom stereocenters. The number of thiophene rings is 2. The summed E-state index contributed by atoms with van der Waals surface area (Å²) in [4.78, 5) is 62.3. The third-order valence-electron chi connectivity index (χ3n) is 11.8. The average Bonchev–Trinajstić information content (AvgIpc) is 3.92. The van der Waals surface area contributed by atoms with Crippen LogP contribution in [0.15, 0.2) is 76.1 Å². The fourth-order valence-electron chi connectivity index (χ4n) is 9.33. The second kappa shape index (κ2) is 12.0. The molecule has 2 aliphatic carbocycles. The van der Waals surface area contributed by atoms with Gasteiger partial charge in [-0.3, -0.25) is 28.8 Å². The highest BCUT2D eigenvalue weighted by atomic mass is 79.9. The molecule has 2 saturated heterocycles. The van der Waals surface area contributed by atoms with Crippen LogP contribution in [0.5, 0.6) is 5.75 Å². The van der Waals surface area contributed by atoms with Crippen LogP contribution < -0.4 is 4.90 Å². The molecule has 0 radical (unpaired) electrons. The van der Waals surface area contributed by atoms with Crippen molar-refractivity contribution in [2.24, 2.45) is 36.1 Å². The average molecular weight is 816 g/mol. The zero-order valence-corrected chi connectivity index (χ0v) is 32.3. The molecular formula is C39H32BrClN4O5S2. The van der Waals surface area contributed by atoms with Gasteiger partial charge in [-0.1, -0.05) is 45.2 Å². The molecule has 13 heteroatoms. The molecule has 5 aromatic rings. The van der Waals surface area contributed by atoms with E-state index in [0.717, 1.165) is 31.0 Å². The van der Waals surface area contributed by atoms with Crippen LogP contribution in [0.2, 0.25) is 5.02 Å². The molecule has 4 amide bonds. The predicted octanol–water partition coefficient (Wildman–Crippen LogP) is 8.22. The molecule has 9 nitrogen and oxygen atoms in total. The maximum atomic E-state index is 15.0. The van der Waals surface area contributed by atoms with E-state index >= 15 is 4.79 Å². The number of carbonyl (C=O) groups excluding carboxylic acids is 4. The van der Waals surface area contributed by atoms with Gasteiger partial charge in [-0.2, -0.15) is 5.10 Å². The molecule has 3 fully saturated rings. The maximum absolute atomic E-state index is 15.0. The van der Waals surface area contributed by atoms with E-state index in [1.165, 1.54) is 21.1 Å². The van der Waals surface area contributed by atoms with Gasteiger partial charge in [0.25, 0.3) is 0 Å². The van der Waals surface area contributed by atoms with Gasteiger partial charge in [0.1, 0.15) is 17.3 Å². The van der Waals surface area contributed by atoms with Gasteiger partial charge in [0, 0.05) is 43.7 Å². The normalized spacial score (nSPS) is 27.0. The lowest BCUT2D eigenvalue weighted by Gasteiger charge is -2.49. The second-order valence-electron chi connectivity index (χ2n) is 14.4. The van der Waals surface area contributed by atoms with Crippen molar-refractivity contribution < 1.29 is 24.3 Å². The number of halogens is 2. The van der Waals surface area contributed by atoms with Crippen LogP contribution in [0.25, 0.3) is 20.7 Å². The molecule has 2 aromatic carbocycles. The number of fused-ring (bicyclic) bond motifs is 5. The summed E-state index contributed by atoms with van der Waals surface area (Å²) in [5.74, 6) is -4.14. The molecule has 0 bridgehead atoms. The number of benzene rings is 2. The fourth-order valence-corrected chi connectivity index (χ4v) is 11.7. The van der Waals surface area contributed by atoms with Gasteiger partial charge in [-0.25, -0.2) is 4.90 Å². The molecular weight excluding hydrogens is 784 g/mol. The van der Waals surface area contributed by atoms with Gasteiger partial charge in [-0.05, 0) is 91.4 Å². The topological polar surface area (TPSA) is 113 Å². The molecule has 4 aliphatic rings. The SMILES string of the molecule is Cc1c(-c2cc(N3C(=O)[C@@H]4C[C@@H]5C(=CC[C@@H]6C(=O)N(Cc7cccs7)C(=O)[C@@H]65)[C@H](c5cc(Br)ccc5O)[C@]4(C)C3=O)n(C)n2)sc2ccc(Cl)cc12. The highest BCUT2D eigenvalue weighted by Crippen LogP contribution is 2.64. The number of allylic oxidation sites excluding steroid dienone is 2.